The summed E-state index contributed by atoms with van der Waals surface area (Å²) in [7, 11) is -3.94. The Labute approximate surface area is 128 Å². The second-order valence-electron chi connectivity index (χ2n) is 3.91. The van der Waals surface area contributed by atoms with Gasteiger partial charge < -0.3 is 14.1 Å². The number of aromatic nitrogens is 3. The first kappa shape index (κ1) is 15.7. The molecule has 0 aliphatic rings. The lowest BCUT2D eigenvalue weighted by molar-refractivity contribution is 0.0661. The number of carboxylic acids is 1. The second kappa shape index (κ2) is 5.95. The maximum absolute atomic E-state index is 12.1. The number of furan rings is 1. The Hall–Kier alpha value is -1.72. The lowest BCUT2D eigenvalue weighted by Gasteiger charge is -2.05. The third-order valence-corrected chi connectivity index (χ3v) is 4.87. The van der Waals surface area contributed by atoms with Crippen LogP contribution in [-0.2, 0) is 23.1 Å². The van der Waals surface area contributed by atoms with Gasteiger partial charge in [-0.25, -0.2) is 17.9 Å². The summed E-state index contributed by atoms with van der Waals surface area (Å²) in [6.45, 7) is 2.39. The number of nitrogens with zero attached hydrogens (tertiary/aromatic N) is 3. The molecule has 114 valence electrons. The van der Waals surface area contributed by atoms with Crippen LogP contribution in [0.2, 0.25) is 0 Å². The SMILES string of the molecule is CCn1cnnc1CNS(=O)(=O)c1cc(C(=O)O)oc1Br. The molecule has 0 atom stereocenters. The maximum atomic E-state index is 12.1. The van der Waals surface area contributed by atoms with Crippen LogP contribution >= 0.6 is 15.9 Å². The molecule has 0 bridgehead atoms. The number of carboxylic acid groups (broad SMARTS) is 1. The molecule has 2 heterocycles. The molecule has 0 aliphatic carbocycles. The van der Waals surface area contributed by atoms with E-state index in [0.717, 1.165) is 6.07 Å². The molecule has 0 saturated heterocycles. The Morgan fingerprint density at radius 3 is 2.86 bits per heavy atom. The number of hydrogen-bond donors (Lipinski definition) is 2. The Bertz CT molecular complexity index is 766. The highest BCUT2D eigenvalue weighted by Gasteiger charge is 2.25. The van der Waals surface area contributed by atoms with Crippen molar-refractivity contribution in [2.45, 2.75) is 24.9 Å². The molecule has 0 aromatic carbocycles. The summed E-state index contributed by atoms with van der Waals surface area (Å²) in [4.78, 5) is 10.5. The number of hydrogen-bond acceptors (Lipinski definition) is 6. The summed E-state index contributed by atoms with van der Waals surface area (Å²) in [5.74, 6) is -1.39. The van der Waals surface area contributed by atoms with Crippen LogP contribution in [0.3, 0.4) is 0 Å². The molecule has 0 radical (unpaired) electrons. The van der Waals surface area contributed by atoms with Crippen LogP contribution in [0.25, 0.3) is 0 Å². The van der Waals surface area contributed by atoms with Crippen LogP contribution in [-0.4, -0.2) is 34.3 Å². The van der Waals surface area contributed by atoms with E-state index in [2.05, 4.69) is 30.8 Å². The van der Waals surface area contributed by atoms with Gasteiger partial charge in [-0.05, 0) is 22.9 Å². The fourth-order valence-electron chi connectivity index (χ4n) is 1.56. The monoisotopic (exact) mass is 378 g/mol. The number of halogens is 1. The average molecular weight is 379 g/mol. The van der Waals surface area contributed by atoms with E-state index in [1.807, 2.05) is 6.92 Å². The van der Waals surface area contributed by atoms with Gasteiger partial charge in [-0.2, -0.15) is 0 Å². The normalized spacial score (nSPS) is 11.7. The van der Waals surface area contributed by atoms with Crippen molar-refractivity contribution in [2.75, 3.05) is 0 Å². The lowest BCUT2D eigenvalue weighted by atomic mass is 10.5. The first-order valence-electron chi connectivity index (χ1n) is 5.74. The van der Waals surface area contributed by atoms with E-state index in [9.17, 15) is 13.2 Å². The van der Waals surface area contributed by atoms with Crippen LogP contribution in [0.4, 0.5) is 0 Å². The van der Waals surface area contributed by atoms with Crippen molar-refractivity contribution < 1.29 is 22.7 Å². The summed E-state index contributed by atoms with van der Waals surface area (Å²) in [5, 5.41) is 16.3. The van der Waals surface area contributed by atoms with Crippen LogP contribution in [0.1, 0.15) is 23.3 Å². The molecule has 2 aromatic heterocycles. The Morgan fingerprint density at radius 2 is 2.29 bits per heavy atom. The average Bonchev–Trinajstić information content (AvgIpc) is 3.02. The summed E-state index contributed by atoms with van der Waals surface area (Å²) < 4.78 is 32.9. The van der Waals surface area contributed by atoms with Crippen molar-refractivity contribution in [2.24, 2.45) is 0 Å². The molecule has 0 fully saturated rings. The number of rotatable bonds is 6. The van der Waals surface area contributed by atoms with Crippen LogP contribution in [0.5, 0.6) is 0 Å². The summed E-state index contributed by atoms with van der Waals surface area (Å²) in [6, 6.07) is 0.930. The molecule has 0 spiro atoms. The third-order valence-electron chi connectivity index (χ3n) is 2.61. The third kappa shape index (κ3) is 3.31. The number of nitrogens with one attached hydrogen (secondary N) is 1. The number of aromatic carboxylic acids is 1. The summed E-state index contributed by atoms with van der Waals surface area (Å²) in [5.41, 5.74) is 0. The largest absolute Gasteiger partial charge is 0.475 e. The van der Waals surface area contributed by atoms with Gasteiger partial charge in [0.2, 0.25) is 15.8 Å². The molecular weight excluding hydrogens is 368 g/mol. The van der Waals surface area contributed by atoms with Gasteiger partial charge >= 0.3 is 5.97 Å². The van der Waals surface area contributed by atoms with Crippen LogP contribution < -0.4 is 4.72 Å². The van der Waals surface area contributed by atoms with Crippen molar-refractivity contribution in [3.05, 3.63) is 28.6 Å². The molecule has 9 nitrogen and oxygen atoms in total. The van der Waals surface area contributed by atoms with Gasteiger partial charge in [0.05, 0.1) is 6.54 Å². The highest BCUT2D eigenvalue weighted by atomic mass is 79.9. The summed E-state index contributed by atoms with van der Waals surface area (Å²) in [6.07, 6.45) is 1.49. The topological polar surface area (TPSA) is 127 Å². The van der Waals surface area contributed by atoms with Gasteiger partial charge in [-0.3, -0.25) is 0 Å². The highest BCUT2D eigenvalue weighted by molar-refractivity contribution is 9.10. The van der Waals surface area contributed by atoms with Gasteiger partial charge in [0.1, 0.15) is 17.0 Å². The molecule has 0 unspecified atom stereocenters. The fraction of sp³-hybridized carbons (Fsp3) is 0.300. The van der Waals surface area contributed by atoms with E-state index >= 15 is 0 Å². The van der Waals surface area contributed by atoms with Crippen molar-refractivity contribution in [3.63, 3.8) is 0 Å². The van der Waals surface area contributed by atoms with Crippen molar-refractivity contribution >= 4 is 31.9 Å². The van der Waals surface area contributed by atoms with Gasteiger partial charge in [-0.15, -0.1) is 10.2 Å². The minimum absolute atomic E-state index is 0.0732. The molecule has 2 N–H and O–H groups in total. The maximum Gasteiger partial charge on any atom is 0.371 e. The van der Waals surface area contributed by atoms with Gasteiger partial charge in [-0.1, -0.05) is 0 Å². The quantitative estimate of drug-likeness (QED) is 0.761. The van der Waals surface area contributed by atoms with Gasteiger partial charge in [0.25, 0.3) is 0 Å². The van der Waals surface area contributed by atoms with E-state index in [-0.39, 0.29) is 16.1 Å². The summed E-state index contributed by atoms with van der Waals surface area (Å²) >= 11 is 2.89. The molecule has 2 rings (SSSR count). The van der Waals surface area contributed by atoms with Gasteiger partial charge in [0, 0.05) is 12.6 Å². The highest BCUT2D eigenvalue weighted by Crippen LogP contribution is 2.26. The fourth-order valence-corrected chi connectivity index (χ4v) is 3.48. The first-order chi connectivity index (χ1) is 9.85. The molecule has 21 heavy (non-hydrogen) atoms. The van der Waals surface area contributed by atoms with Crippen LogP contribution in [0.15, 0.2) is 26.4 Å². The van der Waals surface area contributed by atoms with E-state index in [0.29, 0.717) is 12.4 Å². The molecule has 0 aliphatic heterocycles. The smallest absolute Gasteiger partial charge is 0.371 e. The lowest BCUT2D eigenvalue weighted by Crippen LogP contribution is -2.25. The molecular formula is C10H11BrN4O5S. The predicted octanol–water partition coefficient (Wildman–Crippen LogP) is 0.830. The number of aryl methyl sites for hydroxylation is 1. The van der Waals surface area contributed by atoms with Crippen LogP contribution in [0, 0.1) is 0 Å². The van der Waals surface area contributed by atoms with E-state index < -0.39 is 21.8 Å². The number of carbonyl (C=O) groups is 1. The minimum atomic E-state index is -3.94. The molecule has 11 heteroatoms. The van der Waals surface area contributed by atoms with Gasteiger partial charge in [0.15, 0.2) is 4.67 Å². The Kier molecular flexibility index (Phi) is 4.44. The Balaban J connectivity index is 2.21. The zero-order valence-corrected chi connectivity index (χ0v) is 13.2. The van der Waals surface area contributed by atoms with E-state index in [4.69, 9.17) is 9.52 Å². The van der Waals surface area contributed by atoms with Crippen molar-refractivity contribution in [3.8, 4) is 0 Å². The van der Waals surface area contributed by atoms with Crippen molar-refractivity contribution in [1.29, 1.82) is 0 Å². The number of sulfonamides is 1. The zero-order chi connectivity index (χ0) is 15.6. The van der Waals surface area contributed by atoms with E-state index in [1.54, 1.807) is 4.57 Å². The van der Waals surface area contributed by atoms with Crippen molar-refractivity contribution in [1.82, 2.24) is 19.5 Å². The van der Waals surface area contributed by atoms with E-state index in [1.165, 1.54) is 6.33 Å². The predicted molar refractivity (Wildman–Crippen MR) is 73.1 cm³/mol. The standard InChI is InChI=1S/C10H11BrN4O5S/c1-2-15-5-12-14-8(15)4-13-21(18,19)7-3-6(10(16)17)20-9(7)11/h3,5,13H,2,4H2,1H3,(H,16,17). The second-order valence-corrected chi connectivity index (χ2v) is 6.37. The molecule has 0 amide bonds. The molecule has 0 saturated carbocycles. The zero-order valence-electron chi connectivity index (χ0n) is 10.8. The Morgan fingerprint density at radius 1 is 1.57 bits per heavy atom. The first-order valence-corrected chi connectivity index (χ1v) is 8.01. The molecule has 2 aromatic rings. The minimum Gasteiger partial charge on any atom is -0.475 e.